The number of nitro groups is 1. The number of hydrogen-bond acceptors (Lipinski definition) is 5. The number of non-ortho nitro benzene ring substituents is 1. The van der Waals surface area contributed by atoms with Crippen LogP contribution in [0.4, 0.5) is 5.69 Å². The topological polar surface area (TPSA) is 83.8 Å². The highest BCUT2D eigenvalue weighted by Gasteiger charge is 2.22. The van der Waals surface area contributed by atoms with Crippen LogP contribution in [0.5, 0.6) is 0 Å². The Labute approximate surface area is 132 Å². The number of amides is 2. The molecule has 0 aliphatic carbocycles. The summed E-state index contributed by atoms with van der Waals surface area (Å²) in [4.78, 5) is 37.8. The quantitative estimate of drug-likeness (QED) is 0.475. The average molecular weight is 323 g/mol. The summed E-state index contributed by atoms with van der Waals surface area (Å²) in [5.74, 6) is 0.344. The number of carbonyl (C=O) groups excluding carboxylic acids is 2. The molecule has 7 nitrogen and oxygen atoms in total. The highest BCUT2D eigenvalue weighted by Crippen LogP contribution is 2.21. The van der Waals surface area contributed by atoms with Crippen molar-refractivity contribution in [3.05, 3.63) is 34.4 Å². The summed E-state index contributed by atoms with van der Waals surface area (Å²) in [6.45, 7) is 3.78. The lowest BCUT2D eigenvalue weighted by Crippen LogP contribution is -2.50. The highest BCUT2D eigenvalue weighted by molar-refractivity contribution is 8.00. The zero-order chi connectivity index (χ0) is 16.1. The summed E-state index contributed by atoms with van der Waals surface area (Å²) in [5, 5.41) is 10.6. The molecule has 0 saturated carbocycles. The number of benzene rings is 1. The predicted octanol–water partition coefficient (Wildman–Crippen LogP) is 1.38. The van der Waals surface area contributed by atoms with Gasteiger partial charge in [0.2, 0.25) is 11.8 Å². The summed E-state index contributed by atoms with van der Waals surface area (Å²) < 4.78 is 0. The number of piperazine rings is 1. The largest absolute Gasteiger partial charge is 0.339 e. The van der Waals surface area contributed by atoms with Crippen LogP contribution in [0.15, 0.2) is 29.2 Å². The number of nitro benzene ring substituents is 1. The summed E-state index contributed by atoms with van der Waals surface area (Å²) >= 11 is 1.36. The van der Waals surface area contributed by atoms with Gasteiger partial charge in [0.15, 0.2) is 0 Å². The third-order valence-electron chi connectivity index (χ3n) is 3.49. The van der Waals surface area contributed by atoms with Crippen LogP contribution in [0.2, 0.25) is 0 Å². The molecule has 2 rings (SSSR count). The Morgan fingerprint density at radius 1 is 1.14 bits per heavy atom. The Hall–Kier alpha value is -2.09. The summed E-state index contributed by atoms with van der Waals surface area (Å²) in [6, 6.07) is 6.14. The molecule has 1 heterocycles. The minimum Gasteiger partial charge on any atom is -0.339 e. The van der Waals surface area contributed by atoms with Crippen molar-refractivity contribution < 1.29 is 14.5 Å². The fourth-order valence-electron chi connectivity index (χ4n) is 2.17. The number of hydrogen-bond donors (Lipinski definition) is 0. The second-order valence-corrected chi connectivity index (χ2v) is 5.98. The molecule has 1 aliphatic heterocycles. The number of thioether (sulfide) groups is 1. The van der Waals surface area contributed by atoms with Crippen molar-refractivity contribution in [2.24, 2.45) is 0 Å². The Balaban J connectivity index is 1.80. The maximum Gasteiger partial charge on any atom is 0.269 e. The van der Waals surface area contributed by atoms with Crippen molar-refractivity contribution in [1.29, 1.82) is 0 Å². The zero-order valence-electron chi connectivity index (χ0n) is 12.2. The normalized spacial score (nSPS) is 14.8. The van der Waals surface area contributed by atoms with E-state index in [4.69, 9.17) is 0 Å². The standard InChI is InChI=1S/C14H17N3O4S/c1-11(18)15-6-8-16(9-7-15)14(19)10-22-13-4-2-12(3-5-13)17(20)21/h2-5H,6-10H2,1H3. The van der Waals surface area contributed by atoms with E-state index < -0.39 is 4.92 Å². The van der Waals surface area contributed by atoms with E-state index in [1.165, 1.54) is 30.8 Å². The number of rotatable bonds is 4. The van der Waals surface area contributed by atoms with Crippen LogP contribution in [-0.4, -0.2) is 58.5 Å². The van der Waals surface area contributed by atoms with Crippen LogP contribution in [-0.2, 0) is 9.59 Å². The second-order valence-electron chi connectivity index (χ2n) is 4.93. The Kier molecular flexibility index (Phi) is 5.37. The summed E-state index contributed by atoms with van der Waals surface area (Å²) in [6.07, 6.45) is 0. The molecule has 1 aromatic rings. The van der Waals surface area contributed by atoms with Crippen LogP contribution in [0, 0.1) is 10.1 Å². The molecular formula is C14H17N3O4S. The van der Waals surface area contributed by atoms with Crippen molar-refractivity contribution in [3.63, 3.8) is 0 Å². The molecule has 22 heavy (non-hydrogen) atoms. The molecule has 0 bridgehead atoms. The van der Waals surface area contributed by atoms with E-state index in [-0.39, 0.29) is 23.3 Å². The third-order valence-corrected chi connectivity index (χ3v) is 4.48. The zero-order valence-corrected chi connectivity index (χ0v) is 13.0. The first-order valence-corrected chi connectivity index (χ1v) is 7.86. The van der Waals surface area contributed by atoms with Gasteiger partial charge >= 0.3 is 0 Å². The number of nitrogens with zero attached hydrogens (tertiary/aromatic N) is 3. The smallest absolute Gasteiger partial charge is 0.269 e. The molecule has 8 heteroatoms. The van der Waals surface area contributed by atoms with E-state index in [2.05, 4.69) is 0 Å². The van der Waals surface area contributed by atoms with Gasteiger partial charge in [0.25, 0.3) is 5.69 Å². The van der Waals surface area contributed by atoms with Gasteiger partial charge in [-0.05, 0) is 12.1 Å². The molecule has 118 valence electrons. The molecule has 1 saturated heterocycles. The molecule has 0 N–H and O–H groups in total. The van der Waals surface area contributed by atoms with Crippen molar-refractivity contribution in [3.8, 4) is 0 Å². The second kappa shape index (κ2) is 7.26. The fourth-order valence-corrected chi connectivity index (χ4v) is 2.97. The lowest BCUT2D eigenvalue weighted by Gasteiger charge is -2.34. The maximum atomic E-state index is 12.1. The SMILES string of the molecule is CC(=O)N1CCN(C(=O)CSc2ccc([N+](=O)[O-])cc2)CC1. The molecule has 1 aliphatic rings. The minimum absolute atomic E-state index is 0.0200. The third kappa shape index (κ3) is 4.20. The van der Waals surface area contributed by atoms with Crippen LogP contribution < -0.4 is 0 Å². The van der Waals surface area contributed by atoms with Gasteiger partial charge in [-0.25, -0.2) is 0 Å². The molecule has 0 spiro atoms. The van der Waals surface area contributed by atoms with Crippen molar-refractivity contribution in [1.82, 2.24) is 9.80 Å². The first kappa shape index (κ1) is 16.3. The van der Waals surface area contributed by atoms with E-state index in [0.717, 1.165) is 4.90 Å². The first-order valence-electron chi connectivity index (χ1n) is 6.88. The first-order chi connectivity index (χ1) is 10.5. The molecule has 0 aromatic heterocycles. The van der Waals surface area contributed by atoms with Gasteiger partial charge < -0.3 is 9.80 Å². The molecule has 2 amide bonds. The van der Waals surface area contributed by atoms with Crippen molar-refractivity contribution in [2.75, 3.05) is 31.9 Å². The van der Waals surface area contributed by atoms with Crippen LogP contribution in [0.25, 0.3) is 0 Å². The predicted molar refractivity (Wildman–Crippen MR) is 82.7 cm³/mol. The van der Waals surface area contributed by atoms with E-state index in [1.807, 2.05) is 0 Å². The van der Waals surface area contributed by atoms with Gasteiger partial charge in [0.05, 0.1) is 10.7 Å². The maximum absolute atomic E-state index is 12.1. The van der Waals surface area contributed by atoms with Gasteiger partial charge in [-0.3, -0.25) is 19.7 Å². The van der Waals surface area contributed by atoms with Gasteiger partial charge in [0.1, 0.15) is 0 Å². The molecular weight excluding hydrogens is 306 g/mol. The molecule has 1 fully saturated rings. The van der Waals surface area contributed by atoms with Gasteiger partial charge in [0, 0.05) is 50.1 Å². The molecule has 0 atom stereocenters. The van der Waals surface area contributed by atoms with Gasteiger partial charge in [-0.1, -0.05) is 0 Å². The Bertz CT molecular complexity index is 568. The van der Waals surface area contributed by atoms with Crippen molar-refractivity contribution >= 4 is 29.3 Å². The lowest BCUT2D eigenvalue weighted by molar-refractivity contribution is -0.384. The summed E-state index contributed by atoms with van der Waals surface area (Å²) in [5.41, 5.74) is 0.0380. The van der Waals surface area contributed by atoms with Crippen molar-refractivity contribution in [2.45, 2.75) is 11.8 Å². The Morgan fingerprint density at radius 2 is 1.68 bits per heavy atom. The van der Waals surface area contributed by atoms with E-state index in [1.54, 1.807) is 21.9 Å². The van der Waals surface area contributed by atoms with Gasteiger partial charge in [-0.2, -0.15) is 0 Å². The van der Waals surface area contributed by atoms with E-state index in [0.29, 0.717) is 26.2 Å². The Morgan fingerprint density at radius 3 is 2.18 bits per heavy atom. The van der Waals surface area contributed by atoms with Crippen LogP contribution >= 0.6 is 11.8 Å². The van der Waals surface area contributed by atoms with Crippen LogP contribution in [0.1, 0.15) is 6.92 Å². The molecule has 1 aromatic carbocycles. The highest BCUT2D eigenvalue weighted by atomic mass is 32.2. The average Bonchev–Trinajstić information content (AvgIpc) is 2.53. The fraction of sp³-hybridized carbons (Fsp3) is 0.429. The van der Waals surface area contributed by atoms with Crippen LogP contribution in [0.3, 0.4) is 0 Å². The van der Waals surface area contributed by atoms with Gasteiger partial charge in [-0.15, -0.1) is 11.8 Å². The molecule has 0 unspecified atom stereocenters. The number of carbonyl (C=O) groups is 2. The van der Waals surface area contributed by atoms with E-state index in [9.17, 15) is 19.7 Å². The summed E-state index contributed by atoms with van der Waals surface area (Å²) in [7, 11) is 0. The lowest BCUT2D eigenvalue weighted by atomic mass is 10.3. The van der Waals surface area contributed by atoms with E-state index >= 15 is 0 Å². The minimum atomic E-state index is -0.450. The monoisotopic (exact) mass is 323 g/mol. The molecule has 0 radical (unpaired) electrons.